The molecular formula is C19H27BO5. The number of hydrogen-bond donors (Lipinski definition) is 0. The van der Waals surface area contributed by atoms with Gasteiger partial charge >= 0.3 is 13.1 Å². The second-order valence-corrected chi connectivity index (χ2v) is 8.42. The van der Waals surface area contributed by atoms with E-state index >= 15 is 0 Å². The third-order valence-corrected chi connectivity index (χ3v) is 4.48. The number of ether oxygens (including phenoxy) is 1. The molecule has 0 unspecified atom stereocenters. The van der Waals surface area contributed by atoms with E-state index in [9.17, 15) is 9.59 Å². The Morgan fingerprint density at radius 3 is 2.16 bits per heavy atom. The maximum Gasteiger partial charge on any atom is 0.462 e. The van der Waals surface area contributed by atoms with Crippen LogP contribution in [0.25, 0.3) is 0 Å². The minimum atomic E-state index is -0.847. The Balaban J connectivity index is 2.10. The Morgan fingerprint density at radius 2 is 1.64 bits per heavy atom. The van der Waals surface area contributed by atoms with Gasteiger partial charge in [-0.1, -0.05) is 18.2 Å². The van der Waals surface area contributed by atoms with Gasteiger partial charge in [0.05, 0.1) is 11.2 Å². The number of Topliss-reactive ketones (excluding diaryl/α,β-unsaturated/α-hetero) is 1. The lowest BCUT2D eigenvalue weighted by atomic mass is 9.80. The summed E-state index contributed by atoms with van der Waals surface area (Å²) >= 11 is 0. The predicted octanol–water partition coefficient (Wildman–Crippen LogP) is 3.38. The smallest absolute Gasteiger partial charge is 0.454 e. The Morgan fingerprint density at radius 1 is 1.08 bits per heavy atom. The quantitative estimate of drug-likeness (QED) is 0.362. The van der Waals surface area contributed by atoms with Crippen molar-refractivity contribution in [3.63, 3.8) is 0 Å². The summed E-state index contributed by atoms with van der Waals surface area (Å²) in [4.78, 5) is 24.2. The zero-order valence-electron chi connectivity index (χ0n) is 16.1. The van der Waals surface area contributed by atoms with Crippen LogP contribution in [-0.4, -0.2) is 35.7 Å². The second kappa shape index (κ2) is 6.58. The van der Waals surface area contributed by atoms with Gasteiger partial charge in [0.15, 0.2) is 0 Å². The molecule has 2 rings (SSSR count). The average molecular weight is 346 g/mol. The number of carbonyl (C=O) groups excluding carboxylic acids is 2. The van der Waals surface area contributed by atoms with Crippen LogP contribution in [0.1, 0.15) is 64.4 Å². The lowest BCUT2D eigenvalue weighted by Gasteiger charge is -2.32. The summed E-state index contributed by atoms with van der Waals surface area (Å²) in [5.74, 6) is -1.49. The molecule has 1 aromatic carbocycles. The first-order valence-electron chi connectivity index (χ1n) is 8.53. The highest BCUT2D eigenvalue weighted by molar-refractivity contribution is 6.45. The van der Waals surface area contributed by atoms with Gasteiger partial charge in [0.1, 0.15) is 5.60 Å². The van der Waals surface area contributed by atoms with E-state index in [1.807, 2.05) is 33.8 Å². The van der Waals surface area contributed by atoms with Gasteiger partial charge in [0.2, 0.25) is 0 Å². The molecule has 1 fully saturated rings. The van der Waals surface area contributed by atoms with Crippen molar-refractivity contribution in [2.75, 3.05) is 0 Å². The molecule has 1 aliphatic rings. The number of carbonyl (C=O) groups is 2. The maximum absolute atomic E-state index is 12.3. The topological polar surface area (TPSA) is 61.8 Å². The molecule has 0 amide bonds. The van der Waals surface area contributed by atoms with Crippen molar-refractivity contribution in [2.24, 2.45) is 0 Å². The molecule has 0 spiro atoms. The van der Waals surface area contributed by atoms with Crippen molar-refractivity contribution >= 4 is 18.9 Å². The van der Waals surface area contributed by atoms with E-state index in [1.165, 1.54) is 0 Å². The summed E-state index contributed by atoms with van der Waals surface area (Å²) in [7, 11) is -0.392. The lowest BCUT2D eigenvalue weighted by molar-refractivity contribution is -0.148. The molecule has 1 saturated heterocycles. The average Bonchev–Trinajstić information content (AvgIpc) is 2.63. The van der Waals surface area contributed by atoms with Crippen LogP contribution in [0.3, 0.4) is 0 Å². The first-order valence-corrected chi connectivity index (χ1v) is 8.53. The second-order valence-electron chi connectivity index (χ2n) is 8.42. The monoisotopic (exact) mass is 346 g/mol. The van der Waals surface area contributed by atoms with Crippen LogP contribution >= 0.6 is 0 Å². The molecule has 0 aromatic heterocycles. The van der Waals surface area contributed by atoms with E-state index in [4.69, 9.17) is 14.0 Å². The van der Waals surface area contributed by atoms with Crippen LogP contribution < -0.4 is 0 Å². The lowest BCUT2D eigenvalue weighted by Crippen LogP contribution is -2.41. The van der Waals surface area contributed by atoms with Gasteiger partial charge < -0.3 is 14.0 Å². The minimum Gasteiger partial charge on any atom is -0.454 e. The highest BCUT2D eigenvalue weighted by Crippen LogP contribution is 2.37. The standard InChI is InChI=1S/C19H27BO5/c1-17(2,3)23-16(22)15(21)14-10-8-9-13(11-14)12-20-24-18(4,5)19(6,7)25-20/h8-11H,12H2,1-7H3. The molecule has 1 aromatic rings. The summed E-state index contributed by atoms with van der Waals surface area (Å²) in [6.45, 7) is 13.2. The van der Waals surface area contributed by atoms with E-state index in [0.717, 1.165) is 5.56 Å². The zero-order valence-corrected chi connectivity index (χ0v) is 16.1. The van der Waals surface area contributed by atoms with Gasteiger partial charge in [0, 0.05) is 11.9 Å². The summed E-state index contributed by atoms with van der Waals surface area (Å²) in [6.07, 6.45) is 0.502. The van der Waals surface area contributed by atoms with Crippen molar-refractivity contribution in [3.8, 4) is 0 Å². The van der Waals surface area contributed by atoms with E-state index in [-0.39, 0.29) is 0 Å². The summed E-state index contributed by atoms with van der Waals surface area (Å²) in [5.41, 5.74) is -0.327. The normalized spacial score (nSPS) is 18.9. The number of rotatable bonds is 4. The van der Waals surface area contributed by atoms with Gasteiger partial charge in [-0.2, -0.15) is 0 Å². The molecule has 0 saturated carbocycles. The summed E-state index contributed by atoms with van der Waals surface area (Å²) in [6, 6.07) is 6.94. The van der Waals surface area contributed by atoms with Crippen molar-refractivity contribution in [1.29, 1.82) is 0 Å². The fourth-order valence-electron chi connectivity index (χ4n) is 2.52. The SMILES string of the molecule is CC(C)(C)OC(=O)C(=O)c1cccc(CB2OC(C)(C)C(C)(C)O2)c1. The molecule has 0 radical (unpaired) electrons. The van der Waals surface area contributed by atoms with Crippen molar-refractivity contribution in [2.45, 2.75) is 71.6 Å². The first-order chi connectivity index (χ1) is 11.3. The molecule has 5 nitrogen and oxygen atoms in total. The molecule has 0 bridgehead atoms. The Labute approximate surface area is 150 Å². The van der Waals surface area contributed by atoms with Crippen LogP contribution in [0.4, 0.5) is 0 Å². The van der Waals surface area contributed by atoms with Crippen LogP contribution in [0.5, 0.6) is 0 Å². The number of esters is 1. The summed E-state index contributed by atoms with van der Waals surface area (Å²) in [5, 5.41) is 0. The van der Waals surface area contributed by atoms with Crippen LogP contribution in [0.2, 0.25) is 0 Å². The first kappa shape index (κ1) is 19.7. The Hall–Kier alpha value is -1.66. The molecule has 0 aliphatic carbocycles. The van der Waals surface area contributed by atoms with E-state index in [1.54, 1.807) is 39.0 Å². The highest BCUT2D eigenvalue weighted by atomic mass is 16.7. The Kier molecular flexibility index (Phi) is 5.17. The van der Waals surface area contributed by atoms with Crippen LogP contribution in [-0.2, 0) is 25.2 Å². The number of benzene rings is 1. The molecule has 136 valence electrons. The van der Waals surface area contributed by atoms with Gasteiger partial charge in [0.25, 0.3) is 5.78 Å². The molecule has 1 aliphatic heterocycles. The van der Waals surface area contributed by atoms with E-state index in [2.05, 4.69) is 0 Å². The highest BCUT2D eigenvalue weighted by Gasteiger charge is 2.50. The third kappa shape index (κ3) is 4.70. The van der Waals surface area contributed by atoms with Crippen molar-refractivity contribution in [3.05, 3.63) is 35.4 Å². The molecule has 25 heavy (non-hydrogen) atoms. The van der Waals surface area contributed by atoms with Gasteiger partial charge in [-0.3, -0.25) is 4.79 Å². The number of hydrogen-bond acceptors (Lipinski definition) is 5. The van der Waals surface area contributed by atoms with Crippen molar-refractivity contribution in [1.82, 2.24) is 0 Å². The molecule has 1 heterocycles. The van der Waals surface area contributed by atoms with Gasteiger partial charge in [-0.15, -0.1) is 0 Å². The molecular weight excluding hydrogens is 319 g/mol. The minimum absolute atomic E-state index is 0.309. The van der Waals surface area contributed by atoms with Crippen molar-refractivity contribution < 1.29 is 23.6 Å². The Bertz CT molecular complexity index is 657. The van der Waals surface area contributed by atoms with E-state index < -0.39 is 35.7 Å². The van der Waals surface area contributed by atoms with Gasteiger partial charge in [-0.25, -0.2) is 4.79 Å². The largest absolute Gasteiger partial charge is 0.462 e. The zero-order chi connectivity index (χ0) is 19.0. The van der Waals surface area contributed by atoms with Gasteiger partial charge in [-0.05, 0) is 60.1 Å². The van der Waals surface area contributed by atoms with E-state index in [0.29, 0.717) is 11.9 Å². The fourth-order valence-corrected chi connectivity index (χ4v) is 2.52. The molecule has 0 N–H and O–H groups in total. The van der Waals surface area contributed by atoms with Crippen LogP contribution in [0.15, 0.2) is 24.3 Å². The molecule has 6 heteroatoms. The fraction of sp³-hybridized carbons (Fsp3) is 0.579. The maximum atomic E-state index is 12.3. The third-order valence-electron chi connectivity index (χ3n) is 4.48. The summed E-state index contributed by atoms with van der Waals surface area (Å²) < 4.78 is 17.1. The molecule has 0 atom stereocenters. The number of ketones is 1. The van der Waals surface area contributed by atoms with Crippen LogP contribution in [0, 0.1) is 0 Å². The predicted molar refractivity (Wildman–Crippen MR) is 96.4 cm³/mol.